The molecule has 11 heavy (non-hydrogen) atoms. The molecule has 0 N–H and O–H groups in total. The predicted octanol–water partition coefficient (Wildman–Crippen LogP) is 0.803. The average Bonchev–Trinajstić information content (AvgIpc) is 2.34. The second kappa shape index (κ2) is 2.65. The predicted molar refractivity (Wildman–Crippen MR) is 40.2 cm³/mol. The van der Waals surface area contributed by atoms with Crippen molar-refractivity contribution in [3.63, 3.8) is 0 Å². The molecule has 0 aliphatic heterocycles. The smallest absolute Gasteiger partial charge is 0.267 e. The number of hydrogen-bond acceptors (Lipinski definition) is 3. The van der Waals surface area contributed by atoms with Crippen molar-refractivity contribution in [2.75, 3.05) is 0 Å². The van der Waals surface area contributed by atoms with Gasteiger partial charge in [0.25, 0.3) is 5.91 Å². The molecule has 0 aromatic carbocycles. The Labute approximate surface area is 64.6 Å². The Morgan fingerprint density at radius 3 is 2.73 bits per heavy atom. The van der Waals surface area contributed by atoms with Crippen LogP contribution in [0.25, 0.3) is 0 Å². The number of rotatable bonds is 1. The molecule has 0 saturated heterocycles. The summed E-state index contributed by atoms with van der Waals surface area (Å²) in [4.78, 5) is 14.9. The Morgan fingerprint density at radius 2 is 2.36 bits per heavy atom. The minimum atomic E-state index is -0.217. The van der Waals surface area contributed by atoms with E-state index in [1.165, 1.54) is 11.0 Å². The van der Waals surface area contributed by atoms with Gasteiger partial charge < -0.3 is 0 Å². The third kappa shape index (κ3) is 1.52. The molecular formula is C7H9N3O. The van der Waals surface area contributed by atoms with E-state index in [1.807, 2.05) is 0 Å². The molecule has 0 atom stereocenters. The first kappa shape index (κ1) is 7.65. The highest BCUT2D eigenvalue weighted by Crippen LogP contribution is 1.94. The molecule has 0 radical (unpaired) electrons. The van der Waals surface area contributed by atoms with Gasteiger partial charge in [0.2, 0.25) is 0 Å². The average molecular weight is 151 g/mol. The monoisotopic (exact) mass is 151 g/mol. The topological polar surface area (TPSA) is 47.8 Å². The summed E-state index contributed by atoms with van der Waals surface area (Å²) in [6.07, 6.45) is 1.38. The quantitative estimate of drug-likeness (QED) is 0.558. The van der Waals surface area contributed by atoms with Crippen molar-refractivity contribution in [1.29, 1.82) is 0 Å². The Balaban J connectivity index is 2.94. The second-order valence-corrected chi connectivity index (χ2v) is 2.32. The van der Waals surface area contributed by atoms with Crippen LogP contribution in [0, 0.1) is 6.92 Å². The molecule has 0 aliphatic carbocycles. The fourth-order valence-corrected chi connectivity index (χ4v) is 0.639. The highest BCUT2D eigenvalue weighted by atomic mass is 16.2. The van der Waals surface area contributed by atoms with Crippen molar-refractivity contribution in [1.82, 2.24) is 14.8 Å². The Morgan fingerprint density at radius 1 is 1.73 bits per heavy atom. The van der Waals surface area contributed by atoms with E-state index in [9.17, 15) is 4.79 Å². The first-order valence-electron chi connectivity index (χ1n) is 3.19. The lowest BCUT2D eigenvalue weighted by molar-refractivity contribution is 0.0940. The highest BCUT2D eigenvalue weighted by molar-refractivity contribution is 5.93. The Bertz CT molecular complexity index is 300. The van der Waals surface area contributed by atoms with Crippen LogP contribution in [-0.2, 0) is 0 Å². The van der Waals surface area contributed by atoms with Gasteiger partial charge in [-0.05, 0) is 13.8 Å². The minimum Gasteiger partial charge on any atom is -0.267 e. The van der Waals surface area contributed by atoms with Crippen LogP contribution < -0.4 is 0 Å². The molecule has 1 heterocycles. The third-order valence-electron chi connectivity index (χ3n) is 1.18. The normalized spacial score (nSPS) is 9.64. The van der Waals surface area contributed by atoms with E-state index in [0.717, 1.165) is 0 Å². The molecule has 0 bridgehead atoms. The van der Waals surface area contributed by atoms with Gasteiger partial charge in [-0.3, -0.25) is 4.79 Å². The van der Waals surface area contributed by atoms with Crippen molar-refractivity contribution >= 4 is 5.91 Å². The molecule has 0 saturated carbocycles. The van der Waals surface area contributed by atoms with Crippen LogP contribution in [0.4, 0.5) is 0 Å². The van der Waals surface area contributed by atoms with Crippen LogP contribution in [0.15, 0.2) is 18.5 Å². The number of aryl methyl sites for hydroxylation is 1. The van der Waals surface area contributed by atoms with E-state index < -0.39 is 0 Å². The summed E-state index contributed by atoms with van der Waals surface area (Å²) in [5.41, 5.74) is 0.454. The number of nitrogens with zero attached hydrogens (tertiary/aromatic N) is 3. The van der Waals surface area contributed by atoms with E-state index in [0.29, 0.717) is 11.4 Å². The van der Waals surface area contributed by atoms with E-state index in [1.54, 1.807) is 13.8 Å². The van der Waals surface area contributed by atoms with E-state index >= 15 is 0 Å². The van der Waals surface area contributed by atoms with Crippen molar-refractivity contribution in [2.45, 2.75) is 13.8 Å². The van der Waals surface area contributed by atoms with Gasteiger partial charge in [-0.15, -0.1) is 5.10 Å². The van der Waals surface area contributed by atoms with Gasteiger partial charge in [0.05, 0.1) is 0 Å². The van der Waals surface area contributed by atoms with E-state index in [4.69, 9.17) is 0 Å². The number of hydrogen-bond donors (Lipinski definition) is 0. The van der Waals surface area contributed by atoms with Gasteiger partial charge in [-0.1, -0.05) is 6.58 Å². The summed E-state index contributed by atoms with van der Waals surface area (Å²) in [5.74, 6) is 0.366. The first-order chi connectivity index (χ1) is 5.11. The summed E-state index contributed by atoms with van der Waals surface area (Å²) in [6.45, 7) is 6.87. The standard InChI is InChI=1S/C7H9N3O/c1-5(2)7(11)10-4-8-6(3)9-10/h4H,1H2,2-3H3. The van der Waals surface area contributed by atoms with E-state index in [2.05, 4.69) is 16.7 Å². The summed E-state index contributed by atoms with van der Waals surface area (Å²) < 4.78 is 1.18. The number of allylic oxidation sites excluding steroid dienone is 1. The van der Waals surface area contributed by atoms with Gasteiger partial charge in [0, 0.05) is 5.57 Å². The lowest BCUT2D eigenvalue weighted by Crippen LogP contribution is -2.11. The maximum Gasteiger partial charge on any atom is 0.274 e. The van der Waals surface area contributed by atoms with Crippen LogP contribution in [0.2, 0.25) is 0 Å². The lowest BCUT2D eigenvalue weighted by Gasteiger charge is -1.94. The van der Waals surface area contributed by atoms with Crippen LogP contribution in [-0.4, -0.2) is 20.7 Å². The maximum atomic E-state index is 11.1. The molecule has 4 nitrogen and oxygen atoms in total. The third-order valence-corrected chi connectivity index (χ3v) is 1.18. The van der Waals surface area contributed by atoms with Crippen molar-refractivity contribution in [3.8, 4) is 0 Å². The number of aromatic nitrogens is 3. The molecule has 58 valence electrons. The highest BCUT2D eigenvalue weighted by Gasteiger charge is 2.05. The van der Waals surface area contributed by atoms with Crippen molar-refractivity contribution < 1.29 is 4.79 Å². The van der Waals surface area contributed by atoms with E-state index in [-0.39, 0.29) is 5.91 Å². The summed E-state index contributed by atoms with van der Waals surface area (Å²) in [5, 5.41) is 3.83. The summed E-state index contributed by atoms with van der Waals surface area (Å²) >= 11 is 0. The molecule has 1 aromatic heterocycles. The van der Waals surface area contributed by atoms with Crippen molar-refractivity contribution in [2.24, 2.45) is 0 Å². The van der Waals surface area contributed by atoms with Gasteiger partial charge >= 0.3 is 0 Å². The van der Waals surface area contributed by atoms with Gasteiger partial charge in [-0.2, -0.15) is 4.68 Å². The molecular weight excluding hydrogens is 142 g/mol. The molecule has 0 fully saturated rings. The summed E-state index contributed by atoms with van der Waals surface area (Å²) in [7, 11) is 0. The van der Waals surface area contributed by atoms with Gasteiger partial charge in [0.1, 0.15) is 12.2 Å². The summed E-state index contributed by atoms with van der Waals surface area (Å²) in [6, 6.07) is 0. The SMILES string of the molecule is C=C(C)C(=O)n1cnc(C)n1. The fourth-order valence-electron chi connectivity index (χ4n) is 0.639. The fraction of sp³-hybridized carbons (Fsp3) is 0.286. The first-order valence-corrected chi connectivity index (χ1v) is 3.19. The Kier molecular flexibility index (Phi) is 1.85. The zero-order valence-corrected chi connectivity index (χ0v) is 6.53. The van der Waals surface area contributed by atoms with Gasteiger partial charge in [-0.25, -0.2) is 4.98 Å². The molecule has 0 unspecified atom stereocenters. The number of carbonyl (C=O) groups is 1. The van der Waals surface area contributed by atoms with Crippen LogP contribution in [0.3, 0.4) is 0 Å². The Hall–Kier alpha value is -1.45. The van der Waals surface area contributed by atoms with Crippen LogP contribution in [0.1, 0.15) is 17.5 Å². The van der Waals surface area contributed by atoms with Crippen molar-refractivity contribution in [3.05, 3.63) is 24.3 Å². The van der Waals surface area contributed by atoms with Crippen LogP contribution in [0.5, 0.6) is 0 Å². The largest absolute Gasteiger partial charge is 0.274 e. The minimum absolute atomic E-state index is 0.217. The molecule has 0 amide bonds. The van der Waals surface area contributed by atoms with Crippen LogP contribution >= 0.6 is 0 Å². The second-order valence-electron chi connectivity index (χ2n) is 2.32. The lowest BCUT2D eigenvalue weighted by atomic mass is 10.3. The zero-order valence-electron chi connectivity index (χ0n) is 6.53. The zero-order chi connectivity index (χ0) is 8.43. The number of carbonyl (C=O) groups excluding carboxylic acids is 1. The molecule has 4 heteroatoms. The molecule has 1 aromatic rings. The van der Waals surface area contributed by atoms with Gasteiger partial charge in [0.15, 0.2) is 0 Å². The maximum absolute atomic E-state index is 11.1. The molecule has 1 rings (SSSR count). The molecule has 0 aliphatic rings. The molecule has 0 spiro atoms.